The van der Waals surface area contributed by atoms with E-state index in [-0.39, 0.29) is 0 Å². The summed E-state index contributed by atoms with van der Waals surface area (Å²) in [6, 6.07) is 0. The normalized spacial score (nSPS) is 10.2. The van der Waals surface area contributed by atoms with E-state index in [1.807, 2.05) is 16.1 Å². The molecule has 0 aliphatic rings. The number of aryl methyl sites for hydroxylation is 1. The second kappa shape index (κ2) is 4.97. The number of carboxylic acids is 1. The fraction of sp³-hybridized carbons (Fsp3) is 0.556. The molecule has 72 valence electrons. The van der Waals surface area contributed by atoms with E-state index >= 15 is 0 Å². The van der Waals surface area contributed by atoms with E-state index in [9.17, 15) is 4.79 Å². The van der Waals surface area contributed by atoms with Gasteiger partial charge in [0.2, 0.25) is 0 Å². The highest BCUT2D eigenvalue weighted by Gasteiger charge is 2.19. The zero-order valence-electron chi connectivity index (χ0n) is 7.69. The SMILES string of the molecule is CCCCC[n+]1ccsc1C(=O)O. The van der Waals surface area contributed by atoms with Crippen LogP contribution >= 0.6 is 11.3 Å². The molecule has 0 bridgehead atoms. The van der Waals surface area contributed by atoms with Crippen LogP contribution in [0.4, 0.5) is 0 Å². The molecule has 1 aromatic heterocycles. The van der Waals surface area contributed by atoms with Gasteiger partial charge in [0.25, 0.3) is 0 Å². The van der Waals surface area contributed by atoms with Crippen LogP contribution in [0.15, 0.2) is 11.6 Å². The van der Waals surface area contributed by atoms with Gasteiger partial charge in [0, 0.05) is 6.42 Å². The number of carbonyl (C=O) groups is 1. The third-order valence-electron chi connectivity index (χ3n) is 1.87. The number of unbranched alkanes of at least 4 members (excludes halogenated alkanes) is 2. The summed E-state index contributed by atoms with van der Waals surface area (Å²) < 4.78 is 1.81. The maximum absolute atomic E-state index is 10.7. The van der Waals surface area contributed by atoms with Crippen LogP contribution in [-0.4, -0.2) is 11.1 Å². The molecule has 0 radical (unpaired) electrons. The Morgan fingerprint density at radius 3 is 3.00 bits per heavy atom. The average Bonchev–Trinajstić information content (AvgIpc) is 2.53. The first-order valence-electron chi connectivity index (χ1n) is 4.46. The Hall–Kier alpha value is -0.900. The summed E-state index contributed by atoms with van der Waals surface area (Å²) in [5.41, 5.74) is 0. The van der Waals surface area contributed by atoms with Crippen molar-refractivity contribution in [2.75, 3.05) is 0 Å². The first kappa shape index (κ1) is 10.2. The van der Waals surface area contributed by atoms with Crippen molar-refractivity contribution in [2.24, 2.45) is 0 Å². The minimum Gasteiger partial charge on any atom is -0.473 e. The molecule has 0 spiro atoms. The van der Waals surface area contributed by atoms with E-state index in [2.05, 4.69) is 6.92 Å². The minimum absolute atomic E-state index is 0.427. The summed E-state index contributed by atoms with van der Waals surface area (Å²) in [4.78, 5) is 10.7. The number of rotatable bonds is 5. The summed E-state index contributed by atoms with van der Waals surface area (Å²) in [6.07, 6.45) is 5.21. The predicted octanol–water partition coefficient (Wildman–Crippen LogP) is 1.92. The topological polar surface area (TPSA) is 41.2 Å². The molecule has 0 saturated heterocycles. The van der Waals surface area contributed by atoms with Crippen molar-refractivity contribution < 1.29 is 14.5 Å². The second-order valence-corrected chi connectivity index (χ2v) is 3.81. The molecular formula is C9H14NO2S+. The summed E-state index contributed by atoms with van der Waals surface area (Å²) in [5.74, 6) is -0.827. The highest BCUT2D eigenvalue weighted by atomic mass is 32.1. The van der Waals surface area contributed by atoms with Crippen LogP contribution in [0.2, 0.25) is 0 Å². The van der Waals surface area contributed by atoms with Gasteiger partial charge in [0.1, 0.15) is 6.54 Å². The molecule has 0 fully saturated rings. The van der Waals surface area contributed by atoms with Gasteiger partial charge >= 0.3 is 11.0 Å². The lowest BCUT2D eigenvalue weighted by molar-refractivity contribution is -0.694. The number of hydrogen-bond acceptors (Lipinski definition) is 2. The average molecular weight is 200 g/mol. The minimum atomic E-state index is -0.827. The van der Waals surface area contributed by atoms with Crippen LogP contribution in [0.3, 0.4) is 0 Å². The predicted molar refractivity (Wildman–Crippen MR) is 51.0 cm³/mol. The Bertz CT molecular complexity index is 283. The number of thiazole rings is 1. The van der Waals surface area contributed by atoms with E-state index in [4.69, 9.17) is 5.11 Å². The van der Waals surface area contributed by atoms with Crippen molar-refractivity contribution in [2.45, 2.75) is 32.7 Å². The maximum Gasteiger partial charge on any atom is 0.412 e. The van der Waals surface area contributed by atoms with Crippen molar-refractivity contribution in [3.8, 4) is 0 Å². The quantitative estimate of drug-likeness (QED) is 0.583. The van der Waals surface area contributed by atoms with Gasteiger partial charge in [-0.05, 0) is 6.42 Å². The molecule has 3 nitrogen and oxygen atoms in total. The number of hydrogen-bond donors (Lipinski definition) is 1. The highest BCUT2D eigenvalue weighted by molar-refractivity contribution is 7.11. The van der Waals surface area contributed by atoms with E-state index < -0.39 is 5.97 Å². The summed E-state index contributed by atoms with van der Waals surface area (Å²) in [6.45, 7) is 2.95. The zero-order valence-corrected chi connectivity index (χ0v) is 8.51. The van der Waals surface area contributed by atoms with Gasteiger partial charge in [0.15, 0.2) is 6.20 Å². The lowest BCUT2D eigenvalue weighted by Crippen LogP contribution is -2.37. The molecule has 0 amide bonds. The summed E-state index contributed by atoms with van der Waals surface area (Å²) in [5, 5.41) is 11.0. The monoisotopic (exact) mass is 200 g/mol. The summed E-state index contributed by atoms with van der Waals surface area (Å²) in [7, 11) is 0. The molecule has 0 aliphatic carbocycles. The smallest absolute Gasteiger partial charge is 0.412 e. The van der Waals surface area contributed by atoms with Crippen molar-refractivity contribution in [3.05, 3.63) is 16.6 Å². The van der Waals surface area contributed by atoms with Crippen LogP contribution in [0.5, 0.6) is 0 Å². The van der Waals surface area contributed by atoms with Crippen LogP contribution in [0, 0.1) is 0 Å². The molecule has 1 aromatic rings. The maximum atomic E-state index is 10.7. The Labute approximate surface area is 81.6 Å². The number of aromatic nitrogens is 1. The van der Waals surface area contributed by atoms with Gasteiger partial charge in [0.05, 0.1) is 5.38 Å². The van der Waals surface area contributed by atoms with Gasteiger partial charge in [-0.2, -0.15) is 4.57 Å². The lowest BCUT2D eigenvalue weighted by atomic mass is 10.2. The van der Waals surface area contributed by atoms with Gasteiger partial charge in [-0.3, -0.25) is 0 Å². The molecule has 0 aromatic carbocycles. The Morgan fingerprint density at radius 1 is 1.62 bits per heavy atom. The molecule has 0 unspecified atom stereocenters. The van der Waals surface area contributed by atoms with Crippen molar-refractivity contribution >= 4 is 17.3 Å². The molecule has 1 rings (SSSR count). The molecule has 0 saturated carbocycles. The van der Waals surface area contributed by atoms with Crippen LogP contribution in [0.25, 0.3) is 0 Å². The first-order chi connectivity index (χ1) is 6.25. The Morgan fingerprint density at radius 2 is 2.38 bits per heavy atom. The van der Waals surface area contributed by atoms with E-state index in [0.717, 1.165) is 25.8 Å². The number of nitrogens with zero attached hydrogens (tertiary/aromatic N) is 1. The molecule has 0 aliphatic heterocycles. The first-order valence-corrected chi connectivity index (χ1v) is 5.34. The van der Waals surface area contributed by atoms with E-state index in [0.29, 0.717) is 5.01 Å². The van der Waals surface area contributed by atoms with E-state index in [1.54, 1.807) is 0 Å². The Balaban J connectivity index is 2.55. The second-order valence-electron chi connectivity index (χ2n) is 2.91. The van der Waals surface area contributed by atoms with Crippen LogP contribution in [0.1, 0.15) is 36.0 Å². The van der Waals surface area contributed by atoms with Crippen LogP contribution in [-0.2, 0) is 6.54 Å². The molecule has 4 heteroatoms. The number of carboxylic acid groups (broad SMARTS) is 1. The van der Waals surface area contributed by atoms with Gasteiger partial charge in [-0.15, -0.1) is 0 Å². The zero-order chi connectivity index (χ0) is 9.68. The third-order valence-corrected chi connectivity index (χ3v) is 2.76. The third kappa shape index (κ3) is 2.81. The Kier molecular flexibility index (Phi) is 3.89. The molecule has 1 heterocycles. The number of aromatic carboxylic acids is 1. The van der Waals surface area contributed by atoms with Crippen molar-refractivity contribution in [1.29, 1.82) is 0 Å². The molecular weight excluding hydrogens is 186 g/mol. The summed E-state index contributed by atoms with van der Waals surface area (Å²) >= 11 is 1.28. The highest BCUT2D eigenvalue weighted by Crippen LogP contribution is 2.03. The van der Waals surface area contributed by atoms with Crippen molar-refractivity contribution in [3.63, 3.8) is 0 Å². The molecule has 13 heavy (non-hydrogen) atoms. The standard InChI is InChI=1S/C9H13NO2S/c1-2-3-4-5-10-6-7-13-8(10)9(11)12/h6-7H,2-5H2,1H3/p+1. The van der Waals surface area contributed by atoms with E-state index in [1.165, 1.54) is 11.3 Å². The lowest BCUT2D eigenvalue weighted by Gasteiger charge is -1.93. The van der Waals surface area contributed by atoms with Gasteiger partial charge in [-0.25, -0.2) is 4.79 Å². The molecule has 1 N–H and O–H groups in total. The van der Waals surface area contributed by atoms with Crippen molar-refractivity contribution in [1.82, 2.24) is 0 Å². The van der Waals surface area contributed by atoms with Crippen LogP contribution < -0.4 is 4.57 Å². The largest absolute Gasteiger partial charge is 0.473 e. The fourth-order valence-corrected chi connectivity index (χ4v) is 1.91. The fourth-order valence-electron chi connectivity index (χ4n) is 1.19. The molecule has 0 atom stereocenters. The van der Waals surface area contributed by atoms with Gasteiger partial charge < -0.3 is 5.11 Å². The van der Waals surface area contributed by atoms with Gasteiger partial charge in [-0.1, -0.05) is 24.7 Å².